The highest BCUT2D eigenvalue weighted by Crippen LogP contribution is 2.29. The van der Waals surface area contributed by atoms with Gasteiger partial charge in [-0.05, 0) is 35.0 Å². The first-order chi connectivity index (χ1) is 12.0. The molecule has 0 aliphatic carbocycles. The summed E-state index contributed by atoms with van der Waals surface area (Å²) in [6, 6.07) is 17.7. The Balaban J connectivity index is 1.64. The van der Waals surface area contributed by atoms with E-state index < -0.39 is 18.5 Å². The molecule has 0 fully saturated rings. The van der Waals surface area contributed by atoms with Gasteiger partial charge in [0.05, 0.1) is 21.3 Å². The zero-order chi connectivity index (χ0) is 17.8. The lowest BCUT2D eigenvalue weighted by Gasteiger charge is -2.10. The summed E-state index contributed by atoms with van der Waals surface area (Å²) in [5, 5.41) is 5.09. The van der Waals surface area contributed by atoms with E-state index in [1.807, 2.05) is 30.3 Å². The van der Waals surface area contributed by atoms with Gasteiger partial charge in [0.25, 0.3) is 5.91 Å². The molecule has 4 nitrogen and oxygen atoms in total. The summed E-state index contributed by atoms with van der Waals surface area (Å²) in [5.74, 6) is -1.10. The number of halogens is 2. The minimum Gasteiger partial charge on any atom is -0.452 e. The third-order valence-corrected chi connectivity index (χ3v) is 4.18. The largest absolute Gasteiger partial charge is 0.452 e. The first-order valence-corrected chi connectivity index (χ1v) is 8.20. The van der Waals surface area contributed by atoms with E-state index in [1.54, 1.807) is 30.3 Å². The maximum atomic E-state index is 12.1. The second-order valence-electron chi connectivity index (χ2n) is 5.28. The normalized spacial score (nSPS) is 10.5. The first kappa shape index (κ1) is 17.3. The van der Waals surface area contributed by atoms with Gasteiger partial charge in [0, 0.05) is 0 Å². The Morgan fingerprint density at radius 1 is 0.880 bits per heavy atom. The van der Waals surface area contributed by atoms with Crippen LogP contribution in [0.5, 0.6) is 0 Å². The van der Waals surface area contributed by atoms with Gasteiger partial charge < -0.3 is 10.1 Å². The Hall–Kier alpha value is -2.56. The quantitative estimate of drug-likeness (QED) is 0.658. The van der Waals surface area contributed by atoms with Crippen LogP contribution < -0.4 is 5.32 Å². The number of carbonyl (C=O) groups excluding carboxylic acids is 2. The van der Waals surface area contributed by atoms with Crippen molar-refractivity contribution >= 4 is 51.5 Å². The van der Waals surface area contributed by atoms with E-state index in [2.05, 4.69) is 5.32 Å². The van der Waals surface area contributed by atoms with Crippen molar-refractivity contribution in [1.82, 2.24) is 0 Å². The molecule has 3 aromatic rings. The van der Waals surface area contributed by atoms with Crippen LogP contribution in [0.1, 0.15) is 10.4 Å². The molecule has 126 valence electrons. The van der Waals surface area contributed by atoms with E-state index >= 15 is 0 Å². The highest BCUT2D eigenvalue weighted by Gasteiger charge is 2.13. The molecule has 0 bridgehead atoms. The molecule has 0 atom stereocenters. The molecule has 0 spiro atoms. The fourth-order valence-corrected chi connectivity index (χ4v) is 2.82. The van der Waals surface area contributed by atoms with Gasteiger partial charge >= 0.3 is 5.97 Å². The summed E-state index contributed by atoms with van der Waals surface area (Å²) >= 11 is 12.0. The lowest BCUT2D eigenvalue weighted by molar-refractivity contribution is -0.119. The predicted molar refractivity (Wildman–Crippen MR) is 99.3 cm³/mol. The number of carbonyl (C=O) groups is 2. The molecule has 6 heteroatoms. The number of hydrogen-bond donors (Lipinski definition) is 1. The van der Waals surface area contributed by atoms with Gasteiger partial charge in [-0.3, -0.25) is 4.79 Å². The highest BCUT2D eigenvalue weighted by atomic mass is 35.5. The minimum absolute atomic E-state index is 0.289. The molecular weight excluding hydrogens is 361 g/mol. The molecule has 25 heavy (non-hydrogen) atoms. The van der Waals surface area contributed by atoms with Crippen LogP contribution in [0.15, 0.2) is 60.7 Å². The van der Waals surface area contributed by atoms with Crippen LogP contribution in [0.4, 0.5) is 5.69 Å². The third-order valence-electron chi connectivity index (χ3n) is 3.55. The molecule has 0 radical (unpaired) electrons. The Morgan fingerprint density at radius 2 is 1.56 bits per heavy atom. The van der Waals surface area contributed by atoms with Gasteiger partial charge in [-0.1, -0.05) is 59.6 Å². The van der Waals surface area contributed by atoms with Crippen LogP contribution in [-0.4, -0.2) is 18.5 Å². The monoisotopic (exact) mass is 373 g/mol. The molecular formula is C19H13Cl2NO3. The number of amides is 1. The van der Waals surface area contributed by atoms with Gasteiger partial charge in [-0.25, -0.2) is 4.79 Å². The highest BCUT2D eigenvalue weighted by molar-refractivity contribution is 6.39. The van der Waals surface area contributed by atoms with Crippen molar-refractivity contribution in [2.24, 2.45) is 0 Å². The number of ether oxygens (including phenoxy) is 1. The van der Waals surface area contributed by atoms with E-state index in [-0.39, 0.29) is 5.69 Å². The summed E-state index contributed by atoms with van der Waals surface area (Å²) in [6.07, 6.45) is 0. The zero-order valence-corrected chi connectivity index (χ0v) is 14.5. The fourth-order valence-electron chi connectivity index (χ4n) is 2.32. The van der Waals surface area contributed by atoms with Gasteiger partial charge in [-0.2, -0.15) is 0 Å². The van der Waals surface area contributed by atoms with Crippen LogP contribution in [0.3, 0.4) is 0 Å². The number of rotatable bonds is 4. The van der Waals surface area contributed by atoms with E-state index in [0.29, 0.717) is 15.6 Å². The number of hydrogen-bond acceptors (Lipinski definition) is 3. The molecule has 3 rings (SSSR count). The number of esters is 1. The second-order valence-corrected chi connectivity index (χ2v) is 6.10. The Labute approximate surface area is 154 Å². The standard InChI is InChI=1S/C19H13Cl2NO3/c20-15-6-3-7-16(21)18(15)22-17(23)11-25-19(24)14-9-8-12-4-1-2-5-13(12)10-14/h1-10H,11H2,(H,22,23). The van der Waals surface area contributed by atoms with Gasteiger partial charge in [-0.15, -0.1) is 0 Å². The number of fused-ring (bicyclic) bond motifs is 1. The van der Waals surface area contributed by atoms with E-state index in [1.165, 1.54) is 0 Å². The van der Waals surface area contributed by atoms with Gasteiger partial charge in [0.1, 0.15) is 0 Å². The van der Waals surface area contributed by atoms with Crippen molar-refractivity contribution in [2.75, 3.05) is 11.9 Å². The van der Waals surface area contributed by atoms with E-state index in [4.69, 9.17) is 27.9 Å². The number of benzene rings is 3. The summed E-state index contributed by atoms with van der Waals surface area (Å²) in [6.45, 7) is -0.437. The van der Waals surface area contributed by atoms with Crippen LogP contribution in [0, 0.1) is 0 Å². The molecule has 1 N–H and O–H groups in total. The van der Waals surface area contributed by atoms with Crippen molar-refractivity contribution < 1.29 is 14.3 Å². The maximum Gasteiger partial charge on any atom is 0.338 e. The summed E-state index contributed by atoms with van der Waals surface area (Å²) < 4.78 is 5.05. The average Bonchev–Trinajstić information content (AvgIpc) is 2.62. The van der Waals surface area contributed by atoms with Crippen LogP contribution in [0.2, 0.25) is 10.0 Å². The Bertz CT molecular complexity index is 936. The minimum atomic E-state index is -0.578. The Kier molecular flexibility index (Phi) is 5.22. The maximum absolute atomic E-state index is 12.1. The molecule has 0 aromatic heterocycles. The lowest BCUT2D eigenvalue weighted by Crippen LogP contribution is -2.21. The molecule has 0 saturated heterocycles. The molecule has 3 aromatic carbocycles. The summed E-state index contributed by atoms with van der Waals surface area (Å²) in [7, 11) is 0. The van der Waals surface area contributed by atoms with Crippen molar-refractivity contribution in [3.05, 3.63) is 76.3 Å². The third kappa shape index (κ3) is 4.10. The van der Waals surface area contributed by atoms with Gasteiger partial charge in [0.15, 0.2) is 6.61 Å². The molecule has 0 unspecified atom stereocenters. The average molecular weight is 374 g/mol. The molecule has 0 aliphatic rings. The molecule has 1 amide bonds. The van der Waals surface area contributed by atoms with E-state index in [9.17, 15) is 9.59 Å². The first-order valence-electron chi connectivity index (χ1n) is 7.44. The van der Waals surface area contributed by atoms with Crippen LogP contribution in [-0.2, 0) is 9.53 Å². The van der Waals surface area contributed by atoms with Crippen molar-refractivity contribution in [3.63, 3.8) is 0 Å². The molecule has 0 saturated carbocycles. The van der Waals surface area contributed by atoms with Crippen molar-refractivity contribution in [1.29, 1.82) is 0 Å². The lowest BCUT2D eigenvalue weighted by atomic mass is 10.1. The topological polar surface area (TPSA) is 55.4 Å². The summed E-state index contributed by atoms with van der Waals surface area (Å²) in [5.41, 5.74) is 0.667. The number of anilines is 1. The molecule has 0 heterocycles. The predicted octanol–water partition coefficient (Wildman–Crippen LogP) is 4.94. The molecule has 0 aliphatic heterocycles. The number of nitrogens with one attached hydrogen (secondary N) is 1. The Morgan fingerprint density at radius 3 is 2.28 bits per heavy atom. The SMILES string of the molecule is O=C(COC(=O)c1ccc2ccccc2c1)Nc1c(Cl)cccc1Cl. The van der Waals surface area contributed by atoms with E-state index in [0.717, 1.165) is 10.8 Å². The van der Waals surface area contributed by atoms with Crippen LogP contribution in [0.25, 0.3) is 10.8 Å². The fraction of sp³-hybridized carbons (Fsp3) is 0.0526. The zero-order valence-electron chi connectivity index (χ0n) is 13.0. The number of para-hydroxylation sites is 1. The second kappa shape index (κ2) is 7.55. The smallest absolute Gasteiger partial charge is 0.338 e. The van der Waals surface area contributed by atoms with Gasteiger partial charge in [0.2, 0.25) is 0 Å². The van der Waals surface area contributed by atoms with Crippen molar-refractivity contribution in [3.8, 4) is 0 Å². The van der Waals surface area contributed by atoms with Crippen LogP contribution >= 0.6 is 23.2 Å². The van der Waals surface area contributed by atoms with Crippen molar-refractivity contribution in [2.45, 2.75) is 0 Å². The summed E-state index contributed by atoms with van der Waals surface area (Å²) in [4.78, 5) is 24.1.